The van der Waals surface area contributed by atoms with Gasteiger partial charge >= 0.3 is 0 Å². The second-order valence-electron chi connectivity index (χ2n) is 6.35. The fraction of sp³-hybridized carbons (Fsp3) is 0.600. The zero-order chi connectivity index (χ0) is 14.9. The van der Waals surface area contributed by atoms with Gasteiger partial charge in [0, 0.05) is 36.8 Å². The monoisotopic (exact) mass is 277 g/mol. The van der Waals surface area contributed by atoms with Crippen molar-refractivity contribution in [3.05, 3.63) is 39.9 Å². The highest BCUT2D eigenvalue weighted by atomic mass is 16.6. The molecule has 110 valence electrons. The van der Waals surface area contributed by atoms with Crippen LogP contribution in [-0.2, 0) is 0 Å². The van der Waals surface area contributed by atoms with Crippen molar-refractivity contribution in [3.63, 3.8) is 0 Å². The third kappa shape index (κ3) is 2.83. The molecule has 1 aliphatic rings. The van der Waals surface area contributed by atoms with Crippen LogP contribution in [-0.4, -0.2) is 29.0 Å². The largest absolute Gasteiger partial charge is 0.327 e. The Kier molecular flexibility index (Phi) is 4.11. The maximum Gasteiger partial charge on any atom is 0.274 e. The molecule has 0 amide bonds. The molecule has 0 aliphatic carbocycles. The Hall–Kier alpha value is -1.46. The van der Waals surface area contributed by atoms with E-state index in [0.29, 0.717) is 0 Å². The quantitative estimate of drug-likeness (QED) is 0.681. The van der Waals surface area contributed by atoms with E-state index in [9.17, 15) is 10.1 Å². The summed E-state index contributed by atoms with van der Waals surface area (Å²) in [4.78, 5) is 13.2. The minimum Gasteiger partial charge on any atom is -0.327 e. The number of nitro benzene ring substituents is 1. The van der Waals surface area contributed by atoms with Gasteiger partial charge in [0.25, 0.3) is 5.69 Å². The van der Waals surface area contributed by atoms with E-state index in [1.165, 1.54) is 0 Å². The molecule has 5 nitrogen and oxygen atoms in total. The number of para-hydroxylation sites is 1. The van der Waals surface area contributed by atoms with Gasteiger partial charge in [-0.15, -0.1) is 0 Å². The maximum absolute atomic E-state index is 11.2. The Labute approximate surface area is 119 Å². The van der Waals surface area contributed by atoms with Crippen molar-refractivity contribution in [1.29, 1.82) is 0 Å². The van der Waals surface area contributed by atoms with Gasteiger partial charge < -0.3 is 5.73 Å². The van der Waals surface area contributed by atoms with Crippen LogP contribution in [0.2, 0.25) is 0 Å². The van der Waals surface area contributed by atoms with Gasteiger partial charge in [0.1, 0.15) is 0 Å². The minimum atomic E-state index is -0.299. The van der Waals surface area contributed by atoms with Crippen LogP contribution in [0.1, 0.15) is 38.8 Å². The molecule has 5 heteroatoms. The SMILES string of the molecule is CC(c1ccccc1[N+](=O)[O-])N1CCC(N)C(C)(C)C1. The van der Waals surface area contributed by atoms with Crippen LogP contribution in [0.25, 0.3) is 0 Å². The van der Waals surface area contributed by atoms with Crippen molar-refractivity contribution in [2.75, 3.05) is 13.1 Å². The molecule has 2 N–H and O–H groups in total. The van der Waals surface area contributed by atoms with Crippen LogP contribution in [0.4, 0.5) is 5.69 Å². The lowest BCUT2D eigenvalue weighted by molar-refractivity contribution is -0.386. The van der Waals surface area contributed by atoms with E-state index in [2.05, 4.69) is 18.7 Å². The normalized spacial score (nSPS) is 24.3. The highest BCUT2D eigenvalue weighted by Gasteiger charge is 2.36. The molecule has 2 rings (SSSR count). The van der Waals surface area contributed by atoms with E-state index < -0.39 is 0 Å². The lowest BCUT2D eigenvalue weighted by Crippen LogP contribution is -2.52. The van der Waals surface area contributed by atoms with Crippen LogP contribution in [0, 0.1) is 15.5 Å². The second kappa shape index (κ2) is 5.50. The van der Waals surface area contributed by atoms with E-state index in [4.69, 9.17) is 5.73 Å². The van der Waals surface area contributed by atoms with Gasteiger partial charge in [-0.25, -0.2) is 0 Å². The van der Waals surface area contributed by atoms with Crippen molar-refractivity contribution in [1.82, 2.24) is 4.90 Å². The molecule has 2 atom stereocenters. The first-order chi connectivity index (χ1) is 9.33. The molecule has 0 aromatic heterocycles. The molecule has 1 fully saturated rings. The van der Waals surface area contributed by atoms with E-state index in [1.807, 2.05) is 19.1 Å². The maximum atomic E-state index is 11.2. The summed E-state index contributed by atoms with van der Waals surface area (Å²) in [6.07, 6.45) is 0.929. The molecule has 0 bridgehead atoms. The summed E-state index contributed by atoms with van der Waals surface area (Å²) in [5.74, 6) is 0. The summed E-state index contributed by atoms with van der Waals surface area (Å²) >= 11 is 0. The molecule has 0 radical (unpaired) electrons. The minimum absolute atomic E-state index is 0.0309. The summed E-state index contributed by atoms with van der Waals surface area (Å²) in [6.45, 7) is 8.11. The van der Waals surface area contributed by atoms with Crippen LogP contribution < -0.4 is 5.73 Å². The molecule has 2 unspecified atom stereocenters. The van der Waals surface area contributed by atoms with Crippen molar-refractivity contribution in [3.8, 4) is 0 Å². The summed E-state index contributed by atoms with van der Waals surface area (Å²) in [5, 5.41) is 11.2. The molecule has 1 aromatic carbocycles. The highest BCUT2D eigenvalue weighted by Crippen LogP contribution is 2.35. The number of piperidine rings is 1. The number of rotatable bonds is 3. The molecule has 20 heavy (non-hydrogen) atoms. The van der Waals surface area contributed by atoms with Crippen LogP contribution >= 0.6 is 0 Å². The van der Waals surface area contributed by atoms with Crippen molar-refractivity contribution < 1.29 is 4.92 Å². The molecular weight excluding hydrogens is 254 g/mol. The Morgan fingerprint density at radius 3 is 2.70 bits per heavy atom. The topological polar surface area (TPSA) is 72.4 Å². The first kappa shape index (κ1) is 14.9. The van der Waals surface area contributed by atoms with Crippen molar-refractivity contribution in [2.24, 2.45) is 11.1 Å². The molecular formula is C15H23N3O2. The van der Waals surface area contributed by atoms with Crippen molar-refractivity contribution >= 4 is 5.69 Å². The van der Waals surface area contributed by atoms with Gasteiger partial charge in [-0.1, -0.05) is 32.0 Å². The number of likely N-dealkylation sites (tertiary alicyclic amines) is 1. The van der Waals surface area contributed by atoms with Gasteiger partial charge in [0.15, 0.2) is 0 Å². The summed E-state index contributed by atoms with van der Waals surface area (Å²) < 4.78 is 0. The molecule has 1 aliphatic heterocycles. The number of benzene rings is 1. The van der Waals surface area contributed by atoms with Crippen LogP contribution in [0.15, 0.2) is 24.3 Å². The van der Waals surface area contributed by atoms with Gasteiger partial charge in [0.2, 0.25) is 0 Å². The number of hydrogen-bond donors (Lipinski definition) is 1. The number of nitrogens with two attached hydrogens (primary N) is 1. The standard InChI is InChI=1S/C15H23N3O2/c1-11(12-6-4-5-7-13(12)18(19)20)17-9-8-14(16)15(2,3)10-17/h4-7,11,14H,8-10,16H2,1-3H3. The van der Waals surface area contributed by atoms with Crippen LogP contribution in [0.5, 0.6) is 0 Å². The van der Waals surface area contributed by atoms with Gasteiger partial charge in [-0.05, 0) is 18.8 Å². The zero-order valence-corrected chi connectivity index (χ0v) is 12.4. The highest BCUT2D eigenvalue weighted by molar-refractivity contribution is 5.41. The lowest BCUT2D eigenvalue weighted by atomic mass is 9.79. The first-order valence-corrected chi connectivity index (χ1v) is 7.06. The van der Waals surface area contributed by atoms with E-state index in [0.717, 1.165) is 25.1 Å². The Morgan fingerprint density at radius 1 is 1.45 bits per heavy atom. The molecule has 1 saturated heterocycles. The Morgan fingerprint density at radius 2 is 2.10 bits per heavy atom. The fourth-order valence-electron chi connectivity index (χ4n) is 2.95. The lowest BCUT2D eigenvalue weighted by Gasteiger charge is -2.45. The molecule has 0 spiro atoms. The van der Waals surface area contributed by atoms with E-state index >= 15 is 0 Å². The predicted molar refractivity (Wildman–Crippen MR) is 79.5 cm³/mol. The summed E-state index contributed by atoms with van der Waals surface area (Å²) in [5.41, 5.74) is 7.18. The molecule has 0 saturated carbocycles. The van der Waals surface area contributed by atoms with E-state index in [-0.39, 0.29) is 28.1 Å². The van der Waals surface area contributed by atoms with Crippen LogP contribution in [0.3, 0.4) is 0 Å². The Bertz CT molecular complexity index is 502. The summed E-state index contributed by atoms with van der Waals surface area (Å²) in [6, 6.07) is 7.22. The second-order valence-corrected chi connectivity index (χ2v) is 6.35. The van der Waals surface area contributed by atoms with Gasteiger partial charge in [-0.2, -0.15) is 0 Å². The molecule has 1 heterocycles. The third-order valence-corrected chi connectivity index (χ3v) is 4.47. The van der Waals surface area contributed by atoms with Gasteiger partial charge in [0.05, 0.1) is 4.92 Å². The first-order valence-electron chi connectivity index (χ1n) is 7.06. The van der Waals surface area contributed by atoms with Gasteiger partial charge in [-0.3, -0.25) is 15.0 Å². The number of nitrogens with zero attached hydrogens (tertiary/aromatic N) is 2. The van der Waals surface area contributed by atoms with E-state index in [1.54, 1.807) is 12.1 Å². The average Bonchev–Trinajstić information content (AvgIpc) is 2.41. The average molecular weight is 277 g/mol. The zero-order valence-electron chi connectivity index (χ0n) is 12.4. The number of nitro groups is 1. The third-order valence-electron chi connectivity index (χ3n) is 4.47. The summed E-state index contributed by atoms with van der Waals surface area (Å²) in [7, 11) is 0. The fourth-order valence-corrected chi connectivity index (χ4v) is 2.95. The Balaban J connectivity index is 2.24. The number of hydrogen-bond acceptors (Lipinski definition) is 4. The smallest absolute Gasteiger partial charge is 0.274 e. The van der Waals surface area contributed by atoms with Crippen molar-refractivity contribution in [2.45, 2.75) is 39.3 Å². The molecule has 1 aromatic rings. The predicted octanol–water partition coefficient (Wildman–Crippen LogP) is 2.72.